The largest absolute Gasteiger partial charge is 0.497 e. The zero-order chi connectivity index (χ0) is 28.7. The molecule has 0 aromatic heterocycles. The Morgan fingerprint density at radius 2 is 1.70 bits per heavy atom. The molecule has 1 amide bonds. The molecule has 3 aromatic carbocycles. The van der Waals surface area contributed by atoms with Crippen LogP contribution >= 0.6 is 22.6 Å². The second-order valence-electron chi connectivity index (χ2n) is 11.4. The lowest BCUT2D eigenvalue weighted by Gasteiger charge is -2.36. The van der Waals surface area contributed by atoms with Gasteiger partial charge in [-0.15, -0.1) is 0 Å². The first kappa shape index (κ1) is 30.7. The van der Waals surface area contributed by atoms with Crippen LogP contribution in [0.1, 0.15) is 30.9 Å². The molecule has 1 aliphatic rings. The van der Waals surface area contributed by atoms with Gasteiger partial charge in [0.05, 0.1) is 40.4 Å². The first-order valence-electron chi connectivity index (χ1n) is 14.2. The van der Waals surface area contributed by atoms with E-state index in [-0.39, 0.29) is 30.3 Å². The van der Waals surface area contributed by atoms with Crippen LogP contribution in [0.4, 0.5) is 0 Å². The van der Waals surface area contributed by atoms with Gasteiger partial charge in [0.25, 0.3) is 0 Å². The number of nitrogens with zero attached hydrogens (tertiary/aromatic N) is 1. The molecule has 1 aliphatic heterocycles. The lowest BCUT2D eigenvalue weighted by molar-refractivity contribution is -0.135. The number of hydrogen-bond acceptors (Lipinski definition) is 4. The number of rotatable bonds is 12. The molecule has 1 fully saturated rings. The summed E-state index contributed by atoms with van der Waals surface area (Å²) in [6.45, 7) is 7.89. The SMILES string of the molecule is COc1ccc([Si](C)(C)[C@H]2[C@H](C)[C@H](CCc3cccc(I)c3)O[C@@H]2CC(=O)N(CCO)Cc2ccccc2)cc1. The lowest BCUT2D eigenvalue weighted by Crippen LogP contribution is -2.51. The van der Waals surface area contributed by atoms with Crippen LogP contribution < -0.4 is 9.92 Å². The Morgan fingerprint density at radius 3 is 2.35 bits per heavy atom. The molecule has 0 radical (unpaired) electrons. The van der Waals surface area contributed by atoms with Crippen molar-refractivity contribution < 1.29 is 19.4 Å². The van der Waals surface area contributed by atoms with Gasteiger partial charge in [0.2, 0.25) is 5.91 Å². The van der Waals surface area contributed by atoms with Crippen molar-refractivity contribution in [1.82, 2.24) is 4.90 Å². The maximum atomic E-state index is 13.7. The summed E-state index contributed by atoms with van der Waals surface area (Å²) in [6.07, 6.45) is 2.14. The van der Waals surface area contributed by atoms with Crippen LogP contribution in [0.15, 0.2) is 78.9 Å². The summed E-state index contributed by atoms with van der Waals surface area (Å²) in [5.41, 5.74) is 2.66. The van der Waals surface area contributed by atoms with E-state index in [1.165, 1.54) is 14.3 Å². The molecule has 3 aromatic rings. The Balaban J connectivity index is 1.57. The molecule has 40 heavy (non-hydrogen) atoms. The fourth-order valence-corrected chi connectivity index (χ4v) is 11.0. The number of carbonyl (C=O) groups excluding carboxylic acids is 1. The molecule has 0 bridgehead atoms. The summed E-state index contributed by atoms with van der Waals surface area (Å²) in [7, 11) is -0.371. The number of aliphatic hydroxyl groups excluding tert-OH is 1. The number of benzene rings is 3. The van der Waals surface area contributed by atoms with Crippen molar-refractivity contribution in [2.24, 2.45) is 5.92 Å². The van der Waals surface area contributed by atoms with Crippen LogP contribution in [0.25, 0.3) is 0 Å². The van der Waals surface area contributed by atoms with Crippen molar-refractivity contribution >= 4 is 41.8 Å². The third kappa shape index (κ3) is 7.54. The number of aryl methyl sites for hydroxylation is 1. The standard InChI is InChI=1S/C33H42INO4Si/c1-24-30(18-13-25-11-8-12-27(34)21-25)39-31(33(24)40(3,4)29-16-14-28(38-2)15-17-29)22-32(37)35(19-20-36)23-26-9-6-5-7-10-26/h5-12,14-17,21,24,30-31,33,36H,13,18-20,22-23H2,1-4H3/t24-,30+,31-,33+/m1/s1. The van der Waals surface area contributed by atoms with E-state index >= 15 is 0 Å². The molecule has 5 nitrogen and oxygen atoms in total. The smallest absolute Gasteiger partial charge is 0.225 e. The van der Waals surface area contributed by atoms with Crippen LogP contribution in [0.2, 0.25) is 18.6 Å². The zero-order valence-corrected chi connectivity index (χ0v) is 27.2. The van der Waals surface area contributed by atoms with Gasteiger partial charge in [-0.25, -0.2) is 0 Å². The number of hydrogen-bond donors (Lipinski definition) is 1. The number of ether oxygens (including phenoxy) is 2. The van der Waals surface area contributed by atoms with Gasteiger partial charge >= 0.3 is 0 Å². The number of halogens is 1. The molecule has 0 saturated carbocycles. The predicted molar refractivity (Wildman–Crippen MR) is 173 cm³/mol. The minimum atomic E-state index is -2.06. The van der Waals surface area contributed by atoms with E-state index in [1.54, 1.807) is 12.0 Å². The van der Waals surface area contributed by atoms with E-state index in [1.807, 2.05) is 42.5 Å². The number of aliphatic hydroxyl groups is 1. The van der Waals surface area contributed by atoms with Crippen LogP contribution in [0.3, 0.4) is 0 Å². The topological polar surface area (TPSA) is 59.0 Å². The minimum absolute atomic E-state index is 0.0397. The maximum absolute atomic E-state index is 13.7. The summed E-state index contributed by atoms with van der Waals surface area (Å²) < 4.78 is 13.5. The predicted octanol–water partition coefficient (Wildman–Crippen LogP) is 6.03. The third-order valence-corrected chi connectivity index (χ3v) is 13.5. The van der Waals surface area contributed by atoms with Gasteiger partial charge in [-0.3, -0.25) is 4.79 Å². The second-order valence-corrected chi connectivity index (χ2v) is 17.4. The first-order chi connectivity index (χ1) is 19.2. The van der Waals surface area contributed by atoms with Crippen molar-refractivity contribution in [3.63, 3.8) is 0 Å². The maximum Gasteiger partial charge on any atom is 0.225 e. The molecule has 1 N–H and O–H groups in total. The van der Waals surface area contributed by atoms with Gasteiger partial charge in [-0.2, -0.15) is 0 Å². The molecule has 4 atom stereocenters. The highest BCUT2D eigenvalue weighted by Crippen LogP contribution is 2.46. The Bertz CT molecular complexity index is 1240. The molecule has 7 heteroatoms. The van der Waals surface area contributed by atoms with E-state index in [9.17, 15) is 9.90 Å². The van der Waals surface area contributed by atoms with Gasteiger partial charge in [-0.05, 0) is 82.3 Å². The van der Waals surface area contributed by atoms with E-state index < -0.39 is 8.07 Å². The molecule has 214 valence electrons. The Kier molecular flexibility index (Phi) is 10.9. The van der Waals surface area contributed by atoms with Crippen molar-refractivity contribution in [2.45, 2.75) is 63.6 Å². The molecule has 0 spiro atoms. The fraction of sp³-hybridized carbons (Fsp3) is 0.424. The number of carbonyl (C=O) groups is 1. The highest BCUT2D eigenvalue weighted by Gasteiger charge is 2.51. The highest BCUT2D eigenvalue weighted by atomic mass is 127. The molecule has 1 saturated heterocycles. The number of methoxy groups -OCH3 is 1. The van der Waals surface area contributed by atoms with Gasteiger partial charge in [-0.1, -0.05) is 79.8 Å². The molecule has 1 heterocycles. The summed E-state index contributed by atoms with van der Waals surface area (Å²) in [5, 5.41) is 11.1. The monoisotopic (exact) mass is 671 g/mol. The average Bonchev–Trinajstić information content (AvgIpc) is 3.27. The van der Waals surface area contributed by atoms with Crippen molar-refractivity contribution in [1.29, 1.82) is 0 Å². The Hall–Kier alpha value is -2.20. The second kappa shape index (κ2) is 14.1. The minimum Gasteiger partial charge on any atom is -0.497 e. The van der Waals surface area contributed by atoms with Gasteiger partial charge in [0, 0.05) is 16.7 Å². The van der Waals surface area contributed by atoms with E-state index in [0.717, 1.165) is 24.2 Å². The summed E-state index contributed by atoms with van der Waals surface area (Å²) in [4.78, 5) is 15.5. The van der Waals surface area contributed by atoms with E-state index in [2.05, 4.69) is 79.0 Å². The van der Waals surface area contributed by atoms with Crippen LogP contribution in [0, 0.1) is 9.49 Å². The van der Waals surface area contributed by atoms with Crippen molar-refractivity contribution in [2.75, 3.05) is 20.3 Å². The fourth-order valence-electron chi connectivity index (χ4n) is 6.36. The lowest BCUT2D eigenvalue weighted by atomic mass is 9.95. The van der Waals surface area contributed by atoms with E-state index in [0.29, 0.717) is 25.4 Å². The molecule has 0 unspecified atom stereocenters. The van der Waals surface area contributed by atoms with Crippen molar-refractivity contribution in [3.8, 4) is 5.75 Å². The Labute approximate surface area is 254 Å². The number of amides is 1. The van der Waals surface area contributed by atoms with Crippen LogP contribution in [-0.2, 0) is 22.5 Å². The van der Waals surface area contributed by atoms with Gasteiger partial charge < -0.3 is 19.5 Å². The summed E-state index contributed by atoms with van der Waals surface area (Å²) in [5.74, 6) is 1.22. The van der Waals surface area contributed by atoms with Gasteiger partial charge in [0.15, 0.2) is 0 Å². The molecular formula is C33H42INO4Si. The third-order valence-electron chi connectivity index (χ3n) is 8.49. The summed E-state index contributed by atoms with van der Waals surface area (Å²) in [6, 6.07) is 27.1. The normalized spacial score (nSPS) is 20.9. The van der Waals surface area contributed by atoms with Crippen LogP contribution in [-0.4, -0.2) is 56.5 Å². The van der Waals surface area contributed by atoms with Gasteiger partial charge in [0.1, 0.15) is 5.75 Å². The Morgan fingerprint density at radius 1 is 1.00 bits per heavy atom. The zero-order valence-electron chi connectivity index (χ0n) is 24.1. The summed E-state index contributed by atoms with van der Waals surface area (Å²) >= 11 is 2.36. The highest BCUT2D eigenvalue weighted by molar-refractivity contribution is 14.1. The molecule has 4 rings (SSSR count). The van der Waals surface area contributed by atoms with Crippen molar-refractivity contribution in [3.05, 3.63) is 93.6 Å². The van der Waals surface area contributed by atoms with Crippen LogP contribution in [0.5, 0.6) is 5.75 Å². The quantitative estimate of drug-likeness (QED) is 0.189. The van der Waals surface area contributed by atoms with E-state index in [4.69, 9.17) is 9.47 Å². The first-order valence-corrected chi connectivity index (χ1v) is 18.4. The molecule has 0 aliphatic carbocycles. The molecular weight excluding hydrogens is 629 g/mol. The average molecular weight is 672 g/mol.